The number of sulfonamides is 1. The molecule has 1 aliphatic heterocycles. The van der Waals surface area contributed by atoms with Crippen LogP contribution in [0.2, 0.25) is 0 Å². The van der Waals surface area contributed by atoms with Crippen LogP contribution in [0.25, 0.3) is 0 Å². The molecule has 0 bridgehead atoms. The van der Waals surface area contributed by atoms with E-state index in [0.29, 0.717) is 0 Å². The standard InChI is InChI=1S/C7H13NO.C6H7NO2S/c9-7-5-3-1-2-4-6-8-7;7-10(8,9)6-4-2-1-3-5-6/h1-6H2,(H,8,9);1-5H,(H2,7,8,9). The van der Waals surface area contributed by atoms with Crippen LogP contribution in [-0.4, -0.2) is 20.9 Å². The first-order valence-corrected chi connectivity index (χ1v) is 7.89. The van der Waals surface area contributed by atoms with Gasteiger partial charge >= 0.3 is 0 Å². The van der Waals surface area contributed by atoms with Crippen molar-refractivity contribution in [1.82, 2.24) is 5.32 Å². The van der Waals surface area contributed by atoms with E-state index in [4.69, 9.17) is 5.14 Å². The topological polar surface area (TPSA) is 89.3 Å². The lowest BCUT2D eigenvalue weighted by Crippen LogP contribution is -2.25. The molecule has 2 rings (SSSR count). The lowest BCUT2D eigenvalue weighted by atomic mass is 10.1. The van der Waals surface area contributed by atoms with Crippen LogP contribution < -0.4 is 10.5 Å². The second kappa shape index (κ2) is 7.91. The van der Waals surface area contributed by atoms with Gasteiger partial charge in [0.15, 0.2) is 0 Å². The molecule has 1 fully saturated rings. The molecule has 106 valence electrons. The first-order valence-electron chi connectivity index (χ1n) is 6.35. The van der Waals surface area contributed by atoms with Gasteiger partial charge in [0.05, 0.1) is 4.90 Å². The van der Waals surface area contributed by atoms with Crippen molar-refractivity contribution >= 4 is 15.9 Å². The van der Waals surface area contributed by atoms with E-state index in [1.165, 1.54) is 25.0 Å². The SMILES string of the molecule is NS(=O)(=O)c1ccccc1.O=C1CCCCCCN1. The maximum Gasteiger partial charge on any atom is 0.238 e. The first-order chi connectivity index (χ1) is 9.00. The number of hydrogen-bond acceptors (Lipinski definition) is 3. The molecular formula is C13H20N2O3S. The van der Waals surface area contributed by atoms with E-state index in [1.54, 1.807) is 18.2 Å². The van der Waals surface area contributed by atoms with Crippen LogP contribution in [0.1, 0.15) is 32.1 Å². The number of carbonyl (C=O) groups is 1. The van der Waals surface area contributed by atoms with E-state index in [1.807, 2.05) is 0 Å². The highest BCUT2D eigenvalue weighted by Gasteiger charge is 2.04. The van der Waals surface area contributed by atoms with Gasteiger partial charge < -0.3 is 5.32 Å². The van der Waals surface area contributed by atoms with Gasteiger partial charge in [0.1, 0.15) is 0 Å². The molecule has 1 heterocycles. The van der Waals surface area contributed by atoms with Gasteiger partial charge in [-0.1, -0.05) is 31.0 Å². The summed E-state index contributed by atoms with van der Waals surface area (Å²) in [6.07, 6.45) is 5.48. The molecule has 0 unspecified atom stereocenters. The molecule has 1 saturated heterocycles. The van der Waals surface area contributed by atoms with Gasteiger partial charge in [-0.25, -0.2) is 13.6 Å². The number of hydrogen-bond donors (Lipinski definition) is 2. The highest BCUT2D eigenvalue weighted by Crippen LogP contribution is 2.05. The third-order valence-electron chi connectivity index (χ3n) is 2.72. The first kappa shape index (κ1) is 15.7. The fourth-order valence-electron chi connectivity index (χ4n) is 1.69. The summed E-state index contributed by atoms with van der Waals surface area (Å²) in [7, 11) is -3.50. The van der Waals surface area contributed by atoms with E-state index >= 15 is 0 Å². The molecule has 0 radical (unpaired) electrons. The quantitative estimate of drug-likeness (QED) is 0.817. The van der Waals surface area contributed by atoms with Crippen LogP contribution in [0.5, 0.6) is 0 Å². The summed E-state index contributed by atoms with van der Waals surface area (Å²) in [5, 5.41) is 7.67. The number of amides is 1. The zero-order valence-corrected chi connectivity index (χ0v) is 11.7. The molecule has 0 spiro atoms. The maximum absolute atomic E-state index is 10.7. The van der Waals surface area contributed by atoms with Crippen LogP contribution in [-0.2, 0) is 14.8 Å². The van der Waals surface area contributed by atoms with Crippen LogP contribution in [0.3, 0.4) is 0 Å². The van der Waals surface area contributed by atoms with Crippen molar-refractivity contribution in [2.24, 2.45) is 5.14 Å². The van der Waals surface area contributed by atoms with Gasteiger partial charge in [-0.3, -0.25) is 4.79 Å². The summed E-state index contributed by atoms with van der Waals surface area (Å²) in [5.41, 5.74) is 0. The minimum absolute atomic E-state index is 0.148. The summed E-state index contributed by atoms with van der Waals surface area (Å²) in [5.74, 6) is 0.231. The van der Waals surface area contributed by atoms with Crippen molar-refractivity contribution in [3.05, 3.63) is 30.3 Å². The molecule has 0 saturated carbocycles. The smallest absolute Gasteiger partial charge is 0.238 e. The number of nitrogens with one attached hydrogen (secondary N) is 1. The number of nitrogens with two attached hydrogens (primary N) is 1. The molecule has 0 aliphatic carbocycles. The molecule has 0 atom stereocenters. The average molecular weight is 284 g/mol. The van der Waals surface area contributed by atoms with Crippen molar-refractivity contribution in [2.45, 2.75) is 37.0 Å². The Kier molecular flexibility index (Phi) is 6.52. The number of rotatable bonds is 1. The maximum atomic E-state index is 10.7. The summed E-state index contributed by atoms with van der Waals surface area (Å²) < 4.78 is 21.2. The monoisotopic (exact) mass is 284 g/mol. The second-order valence-electron chi connectivity index (χ2n) is 4.37. The third kappa shape index (κ3) is 6.93. The Balaban J connectivity index is 0.000000191. The lowest BCUT2D eigenvalue weighted by Gasteiger charge is -2.08. The van der Waals surface area contributed by atoms with Gasteiger partial charge in [0.2, 0.25) is 15.9 Å². The fraction of sp³-hybridized carbons (Fsp3) is 0.462. The van der Waals surface area contributed by atoms with E-state index < -0.39 is 10.0 Å². The van der Waals surface area contributed by atoms with E-state index in [9.17, 15) is 13.2 Å². The number of benzene rings is 1. The molecule has 1 amide bonds. The van der Waals surface area contributed by atoms with Crippen molar-refractivity contribution in [1.29, 1.82) is 0 Å². The minimum atomic E-state index is -3.50. The minimum Gasteiger partial charge on any atom is -0.356 e. The van der Waals surface area contributed by atoms with E-state index in [-0.39, 0.29) is 10.8 Å². The van der Waals surface area contributed by atoms with Crippen molar-refractivity contribution in [3.63, 3.8) is 0 Å². The average Bonchev–Trinajstić information content (AvgIpc) is 2.35. The zero-order valence-electron chi connectivity index (χ0n) is 10.8. The lowest BCUT2D eigenvalue weighted by molar-refractivity contribution is -0.121. The Bertz CT molecular complexity index is 476. The van der Waals surface area contributed by atoms with Crippen molar-refractivity contribution in [2.75, 3.05) is 6.54 Å². The molecule has 5 nitrogen and oxygen atoms in total. The molecule has 1 aliphatic rings. The summed E-state index contributed by atoms with van der Waals surface area (Å²) in [6.45, 7) is 0.888. The number of primary sulfonamides is 1. The van der Waals surface area contributed by atoms with Crippen LogP contribution in [0, 0.1) is 0 Å². The molecular weight excluding hydrogens is 264 g/mol. The summed E-state index contributed by atoms with van der Waals surface area (Å²) in [4.78, 5) is 10.9. The summed E-state index contributed by atoms with van der Waals surface area (Å²) in [6, 6.07) is 7.89. The highest BCUT2D eigenvalue weighted by atomic mass is 32.2. The van der Waals surface area contributed by atoms with Crippen LogP contribution in [0.4, 0.5) is 0 Å². The Morgan fingerprint density at radius 2 is 1.63 bits per heavy atom. The second-order valence-corrected chi connectivity index (χ2v) is 5.93. The molecule has 19 heavy (non-hydrogen) atoms. The van der Waals surface area contributed by atoms with E-state index in [0.717, 1.165) is 25.8 Å². The third-order valence-corrected chi connectivity index (χ3v) is 3.65. The Labute approximate surface area is 114 Å². The predicted octanol–water partition coefficient (Wildman–Crippen LogP) is 1.40. The molecule has 1 aromatic rings. The van der Waals surface area contributed by atoms with Gasteiger partial charge in [-0.2, -0.15) is 0 Å². The Morgan fingerprint density at radius 3 is 2.21 bits per heavy atom. The summed E-state index contributed by atoms with van der Waals surface area (Å²) >= 11 is 0. The van der Waals surface area contributed by atoms with Gasteiger partial charge in [-0.05, 0) is 25.0 Å². The molecule has 6 heteroatoms. The molecule has 1 aromatic carbocycles. The Morgan fingerprint density at radius 1 is 1.00 bits per heavy atom. The molecule has 3 N–H and O–H groups in total. The van der Waals surface area contributed by atoms with Crippen molar-refractivity contribution < 1.29 is 13.2 Å². The van der Waals surface area contributed by atoms with Gasteiger partial charge in [0, 0.05) is 13.0 Å². The van der Waals surface area contributed by atoms with Crippen LogP contribution in [0.15, 0.2) is 35.2 Å². The predicted molar refractivity (Wildman–Crippen MR) is 73.9 cm³/mol. The normalized spacial score (nSPS) is 16.4. The van der Waals surface area contributed by atoms with Gasteiger partial charge in [0.25, 0.3) is 0 Å². The highest BCUT2D eigenvalue weighted by molar-refractivity contribution is 7.89. The van der Waals surface area contributed by atoms with Crippen molar-refractivity contribution in [3.8, 4) is 0 Å². The van der Waals surface area contributed by atoms with E-state index in [2.05, 4.69) is 5.32 Å². The van der Waals surface area contributed by atoms with Gasteiger partial charge in [-0.15, -0.1) is 0 Å². The largest absolute Gasteiger partial charge is 0.356 e. The number of carbonyl (C=O) groups excluding carboxylic acids is 1. The fourth-order valence-corrected chi connectivity index (χ4v) is 2.23. The molecule has 0 aromatic heterocycles. The Hall–Kier alpha value is -1.40. The zero-order chi connectivity index (χ0) is 14.1. The van der Waals surface area contributed by atoms with Crippen LogP contribution >= 0.6 is 0 Å².